The Hall–Kier alpha value is -1.39. The van der Waals surface area contributed by atoms with E-state index in [1.165, 1.54) is 0 Å². The Balaban J connectivity index is 2.57. The van der Waals surface area contributed by atoms with Crippen molar-refractivity contribution >= 4 is 23.5 Å². The Kier molecular flexibility index (Phi) is 2.71. The molecule has 1 heterocycles. The summed E-state index contributed by atoms with van der Waals surface area (Å²) in [5.41, 5.74) is 2.52. The van der Waals surface area contributed by atoms with Gasteiger partial charge in [0.25, 0.3) is 0 Å². The van der Waals surface area contributed by atoms with Gasteiger partial charge in [0.15, 0.2) is 0 Å². The van der Waals surface area contributed by atoms with Gasteiger partial charge in [0, 0.05) is 11.6 Å². The summed E-state index contributed by atoms with van der Waals surface area (Å²) in [5, 5.41) is 19.0. The number of hydrogen-bond donors (Lipinski definition) is 2. The van der Waals surface area contributed by atoms with Gasteiger partial charge < -0.3 is 10.0 Å². The lowest BCUT2D eigenvalue weighted by Gasteiger charge is -2.03. The van der Waals surface area contributed by atoms with E-state index >= 15 is 0 Å². The molecule has 3 nitrogen and oxygen atoms in total. The van der Waals surface area contributed by atoms with E-state index in [2.05, 4.69) is 11.9 Å². The topological polar surface area (TPSA) is 53.4 Å². The molecule has 1 aromatic carbocycles. The van der Waals surface area contributed by atoms with Gasteiger partial charge in [-0.1, -0.05) is 19.1 Å². The average molecular weight is 201 g/mol. The second-order valence-electron chi connectivity index (χ2n) is 3.52. The second kappa shape index (κ2) is 4.00. The Morgan fingerprint density at radius 1 is 1.27 bits per heavy atom. The minimum absolute atomic E-state index is 0.498. The number of aryl methyl sites for hydroxylation is 1. The number of fused-ring (bicyclic) bond motifs is 1. The molecule has 0 atom stereocenters. The standard InChI is InChI=1S/C11H12BNO2/c1-2-8-5-9-6-10(12(14)15)3-4-11(9)13-7-8/h3-7,14-15H,2H2,1H3. The van der Waals surface area contributed by atoms with Crippen LogP contribution in [0.25, 0.3) is 10.9 Å². The Morgan fingerprint density at radius 3 is 2.73 bits per heavy atom. The number of aromatic nitrogens is 1. The fraction of sp³-hybridized carbons (Fsp3) is 0.182. The van der Waals surface area contributed by atoms with Gasteiger partial charge in [-0.2, -0.15) is 0 Å². The molecule has 2 rings (SSSR count). The summed E-state index contributed by atoms with van der Waals surface area (Å²) >= 11 is 0. The fourth-order valence-corrected chi connectivity index (χ4v) is 1.55. The van der Waals surface area contributed by atoms with Crippen molar-refractivity contribution in [3.05, 3.63) is 36.0 Å². The molecule has 1 aromatic heterocycles. The van der Waals surface area contributed by atoms with Gasteiger partial charge in [0.1, 0.15) is 0 Å². The predicted octanol–water partition coefficient (Wildman–Crippen LogP) is 0.477. The van der Waals surface area contributed by atoms with Crippen molar-refractivity contribution in [1.29, 1.82) is 0 Å². The molecule has 0 saturated carbocycles. The van der Waals surface area contributed by atoms with Crippen LogP contribution in [0.15, 0.2) is 30.5 Å². The first-order valence-corrected chi connectivity index (χ1v) is 4.95. The van der Waals surface area contributed by atoms with Gasteiger partial charge in [0.05, 0.1) is 5.52 Å². The molecule has 0 radical (unpaired) electrons. The van der Waals surface area contributed by atoms with Gasteiger partial charge in [-0.3, -0.25) is 4.98 Å². The van der Waals surface area contributed by atoms with E-state index in [0.717, 1.165) is 22.9 Å². The third-order valence-corrected chi connectivity index (χ3v) is 2.47. The van der Waals surface area contributed by atoms with Crippen molar-refractivity contribution in [2.75, 3.05) is 0 Å². The summed E-state index contributed by atoms with van der Waals surface area (Å²) in [6, 6.07) is 7.25. The van der Waals surface area contributed by atoms with Gasteiger partial charge >= 0.3 is 7.12 Å². The summed E-state index contributed by atoms with van der Waals surface area (Å²) in [7, 11) is -1.42. The summed E-state index contributed by atoms with van der Waals surface area (Å²) in [6.45, 7) is 2.06. The first-order chi connectivity index (χ1) is 7.20. The molecule has 0 aliphatic carbocycles. The Labute approximate surface area is 88.5 Å². The van der Waals surface area contributed by atoms with Crippen molar-refractivity contribution in [3.8, 4) is 0 Å². The molecule has 2 N–H and O–H groups in total. The number of benzene rings is 1. The highest BCUT2D eigenvalue weighted by atomic mass is 16.4. The van der Waals surface area contributed by atoms with Crippen LogP contribution in [0.1, 0.15) is 12.5 Å². The number of hydrogen-bond acceptors (Lipinski definition) is 3. The van der Waals surface area contributed by atoms with Crippen LogP contribution in [0.3, 0.4) is 0 Å². The second-order valence-corrected chi connectivity index (χ2v) is 3.52. The molecule has 0 fully saturated rings. The van der Waals surface area contributed by atoms with E-state index in [9.17, 15) is 0 Å². The first-order valence-electron chi connectivity index (χ1n) is 4.95. The number of rotatable bonds is 2. The largest absolute Gasteiger partial charge is 0.488 e. The van der Waals surface area contributed by atoms with Crippen molar-refractivity contribution in [1.82, 2.24) is 4.98 Å². The van der Waals surface area contributed by atoms with E-state index in [1.54, 1.807) is 18.2 Å². The summed E-state index contributed by atoms with van der Waals surface area (Å²) in [6.07, 6.45) is 2.77. The molecular weight excluding hydrogens is 189 g/mol. The molecule has 0 spiro atoms. The molecule has 0 amide bonds. The quantitative estimate of drug-likeness (QED) is 0.694. The summed E-state index contributed by atoms with van der Waals surface area (Å²) in [5.74, 6) is 0. The van der Waals surface area contributed by atoms with Crippen LogP contribution < -0.4 is 5.46 Å². The molecule has 0 aliphatic rings. The lowest BCUT2D eigenvalue weighted by molar-refractivity contribution is 0.426. The maximum atomic E-state index is 9.04. The molecule has 2 aromatic rings. The average Bonchev–Trinajstić information content (AvgIpc) is 2.27. The van der Waals surface area contributed by atoms with Crippen LogP contribution in [-0.2, 0) is 6.42 Å². The SMILES string of the molecule is CCc1cnc2ccc(B(O)O)cc2c1. The van der Waals surface area contributed by atoms with Crippen LogP contribution in [0.5, 0.6) is 0 Å². The zero-order valence-electron chi connectivity index (χ0n) is 8.51. The molecule has 4 heteroatoms. The maximum absolute atomic E-state index is 9.04. The summed E-state index contributed by atoms with van der Waals surface area (Å²) in [4.78, 5) is 4.29. The summed E-state index contributed by atoms with van der Waals surface area (Å²) < 4.78 is 0. The highest BCUT2D eigenvalue weighted by Gasteiger charge is 2.10. The Morgan fingerprint density at radius 2 is 2.07 bits per heavy atom. The number of pyridine rings is 1. The molecular formula is C11H12BNO2. The van der Waals surface area contributed by atoms with E-state index in [4.69, 9.17) is 10.0 Å². The minimum Gasteiger partial charge on any atom is -0.423 e. The highest BCUT2D eigenvalue weighted by Crippen LogP contribution is 2.12. The molecule has 15 heavy (non-hydrogen) atoms. The van der Waals surface area contributed by atoms with Gasteiger partial charge in [0.2, 0.25) is 0 Å². The number of nitrogens with zero attached hydrogens (tertiary/aromatic N) is 1. The van der Waals surface area contributed by atoms with Crippen molar-refractivity contribution in [2.45, 2.75) is 13.3 Å². The Bertz CT molecular complexity index is 485. The zero-order valence-corrected chi connectivity index (χ0v) is 8.51. The normalized spacial score (nSPS) is 10.6. The van der Waals surface area contributed by atoms with E-state index in [0.29, 0.717) is 5.46 Å². The lowest BCUT2D eigenvalue weighted by Crippen LogP contribution is -2.29. The van der Waals surface area contributed by atoms with Crippen molar-refractivity contribution < 1.29 is 10.0 Å². The van der Waals surface area contributed by atoms with E-state index < -0.39 is 7.12 Å². The van der Waals surface area contributed by atoms with Crippen LogP contribution >= 0.6 is 0 Å². The fourth-order valence-electron chi connectivity index (χ4n) is 1.55. The van der Waals surface area contributed by atoms with Crippen LogP contribution in [0.2, 0.25) is 0 Å². The van der Waals surface area contributed by atoms with Crippen molar-refractivity contribution in [2.24, 2.45) is 0 Å². The molecule has 0 unspecified atom stereocenters. The monoisotopic (exact) mass is 201 g/mol. The van der Waals surface area contributed by atoms with Crippen LogP contribution in [0, 0.1) is 0 Å². The third-order valence-electron chi connectivity index (χ3n) is 2.47. The van der Waals surface area contributed by atoms with Crippen molar-refractivity contribution in [3.63, 3.8) is 0 Å². The van der Waals surface area contributed by atoms with Crippen LogP contribution in [-0.4, -0.2) is 22.2 Å². The highest BCUT2D eigenvalue weighted by molar-refractivity contribution is 6.58. The zero-order chi connectivity index (χ0) is 10.8. The third kappa shape index (κ3) is 2.01. The minimum atomic E-state index is -1.42. The van der Waals surface area contributed by atoms with E-state index in [1.807, 2.05) is 12.3 Å². The lowest BCUT2D eigenvalue weighted by atomic mass is 9.80. The van der Waals surface area contributed by atoms with Gasteiger partial charge in [-0.15, -0.1) is 0 Å². The molecule has 0 aliphatic heterocycles. The maximum Gasteiger partial charge on any atom is 0.488 e. The van der Waals surface area contributed by atoms with Gasteiger partial charge in [-0.25, -0.2) is 0 Å². The first kappa shape index (κ1) is 10.1. The molecule has 76 valence electrons. The molecule has 0 bridgehead atoms. The smallest absolute Gasteiger partial charge is 0.423 e. The van der Waals surface area contributed by atoms with E-state index in [-0.39, 0.29) is 0 Å². The van der Waals surface area contributed by atoms with Crippen LogP contribution in [0.4, 0.5) is 0 Å². The predicted molar refractivity (Wildman–Crippen MR) is 60.9 cm³/mol. The van der Waals surface area contributed by atoms with Gasteiger partial charge in [-0.05, 0) is 29.6 Å². The molecule has 0 saturated heterocycles.